The van der Waals surface area contributed by atoms with Crippen LogP contribution in [-0.4, -0.2) is 27.0 Å². The largest absolute Gasteiger partial charge is 0.416 e. The molecule has 0 radical (unpaired) electrons. The van der Waals surface area contributed by atoms with Gasteiger partial charge in [0.2, 0.25) is 0 Å². The molecule has 8 heteroatoms. The maximum absolute atomic E-state index is 12.9. The molecule has 1 aromatic heterocycles. The lowest BCUT2D eigenvalue weighted by atomic mass is 10.2. The Hall–Kier alpha value is -3.29. The molecule has 2 aromatic carbocycles. The van der Waals surface area contributed by atoms with E-state index in [-0.39, 0.29) is 6.03 Å². The van der Waals surface area contributed by atoms with Crippen molar-refractivity contribution < 1.29 is 18.0 Å². The van der Waals surface area contributed by atoms with Gasteiger partial charge in [0.25, 0.3) is 0 Å². The van der Waals surface area contributed by atoms with Crippen LogP contribution >= 0.6 is 0 Å². The number of amides is 2. The normalized spacial score (nSPS) is 13.8. The smallest absolute Gasteiger partial charge is 0.329 e. The molecule has 5 nitrogen and oxygen atoms in total. The molecule has 2 amide bonds. The van der Waals surface area contributed by atoms with Gasteiger partial charge in [0.1, 0.15) is 5.82 Å². The van der Waals surface area contributed by atoms with Gasteiger partial charge in [-0.2, -0.15) is 13.2 Å². The van der Waals surface area contributed by atoms with Gasteiger partial charge in [-0.3, -0.25) is 0 Å². The van der Waals surface area contributed by atoms with Gasteiger partial charge in [-0.1, -0.05) is 30.3 Å². The number of carbonyl (C=O) groups excluding carboxylic acids is 1. The highest BCUT2D eigenvalue weighted by molar-refractivity contribution is 5.89. The van der Waals surface area contributed by atoms with Gasteiger partial charge in [-0.05, 0) is 48.6 Å². The number of imidazole rings is 1. The first-order chi connectivity index (χ1) is 14.9. The zero-order valence-corrected chi connectivity index (χ0v) is 16.8. The van der Waals surface area contributed by atoms with Crippen LogP contribution in [0, 0.1) is 5.92 Å². The van der Waals surface area contributed by atoms with E-state index in [0.717, 1.165) is 36.4 Å². The van der Waals surface area contributed by atoms with Crippen molar-refractivity contribution in [1.82, 2.24) is 14.5 Å². The number of benzene rings is 2. The number of alkyl halides is 3. The van der Waals surface area contributed by atoms with Crippen LogP contribution in [0.15, 0.2) is 67.0 Å². The minimum absolute atomic E-state index is 0.322. The summed E-state index contributed by atoms with van der Waals surface area (Å²) in [6.07, 6.45) is 1.33. The second-order valence-electron chi connectivity index (χ2n) is 7.79. The predicted molar refractivity (Wildman–Crippen MR) is 111 cm³/mol. The minimum atomic E-state index is -4.41. The third-order valence-corrected chi connectivity index (χ3v) is 5.26. The molecule has 0 atom stereocenters. The standard InChI is InChI=1S/C23H23F3N4O/c24-23(25,26)19-8-10-20(11-9-19)28-22(31)30(15-18-6-7-18)16-21-27-12-13-29(21)14-17-4-2-1-3-5-17/h1-5,8-13,18H,6-7,14-16H2,(H,28,31). The van der Waals surface area contributed by atoms with Gasteiger partial charge in [0.15, 0.2) is 0 Å². The highest BCUT2D eigenvalue weighted by Crippen LogP contribution is 2.31. The van der Waals surface area contributed by atoms with Crippen LogP contribution in [0.3, 0.4) is 0 Å². The summed E-state index contributed by atoms with van der Waals surface area (Å²) < 4.78 is 40.3. The van der Waals surface area contributed by atoms with E-state index in [0.29, 0.717) is 31.2 Å². The van der Waals surface area contributed by atoms with Crippen LogP contribution in [0.4, 0.5) is 23.7 Å². The summed E-state index contributed by atoms with van der Waals surface area (Å²) in [6.45, 7) is 1.56. The van der Waals surface area contributed by atoms with Crippen LogP contribution in [0.2, 0.25) is 0 Å². The molecular formula is C23H23F3N4O. The fourth-order valence-electron chi connectivity index (χ4n) is 3.36. The lowest BCUT2D eigenvalue weighted by Gasteiger charge is -2.23. The van der Waals surface area contributed by atoms with E-state index in [1.54, 1.807) is 11.1 Å². The molecule has 1 aliphatic carbocycles. The third-order valence-electron chi connectivity index (χ3n) is 5.26. The Bertz CT molecular complexity index is 1010. The summed E-state index contributed by atoms with van der Waals surface area (Å²) in [5.41, 5.74) is 0.708. The Kier molecular flexibility index (Phi) is 5.97. The Morgan fingerprint density at radius 1 is 1.10 bits per heavy atom. The fraction of sp³-hybridized carbons (Fsp3) is 0.304. The van der Waals surface area contributed by atoms with Gasteiger partial charge < -0.3 is 14.8 Å². The number of anilines is 1. The molecule has 1 fully saturated rings. The molecule has 0 saturated heterocycles. The van der Waals surface area contributed by atoms with Crippen molar-refractivity contribution in [3.8, 4) is 0 Å². The summed E-state index contributed by atoms with van der Waals surface area (Å²) >= 11 is 0. The van der Waals surface area contributed by atoms with Crippen LogP contribution in [0.1, 0.15) is 29.8 Å². The van der Waals surface area contributed by atoms with Crippen molar-refractivity contribution in [2.75, 3.05) is 11.9 Å². The quantitative estimate of drug-likeness (QED) is 0.548. The molecule has 4 rings (SSSR count). The Morgan fingerprint density at radius 3 is 2.45 bits per heavy atom. The number of hydrogen-bond acceptors (Lipinski definition) is 2. The highest BCUT2D eigenvalue weighted by atomic mass is 19.4. The van der Waals surface area contributed by atoms with E-state index in [1.165, 1.54) is 12.1 Å². The van der Waals surface area contributed by atoms with E-state index in [4.69, 9.17) is 0 Å². The summed E-state index contributed by atoms with van der Waals surface area (Å²) in [4.78, 5) is 19.0. The molecule has 1 saturated carbocycles. The summed E-state index contributed by atoms with van der Waals surface area (Å²) in [5, 5.41) is 2.72. The molecular weight excluding hydrogens is 405 g/mol. The number of nitrogens with zero attached hydrogens (tertiary/aromatic N) is 3. The van der Waals surface area contributed by atoms with E-state index >= 15 is 0 Å². The van der Waals surface area contributed by atoms with Gasteiger partial charge in [0.05, 0.1) is 12.1 Å². The van der Waals surface area contributed by atoms with Gasteiger partial charge in [-0.25, -0.2) is 9.78 Å². The van der Waals surface area contributed by atoms with E-state index in [9.17, 15) is 18.0 Å². The number of hydrogen-bond donors (Lipinski definition) is 1. The number of nitrogens with one attached hydrogen (secondary N) is 1. The van der Waals surface area contributed by atoms with Crippen molar-refractivity contribution >= 4 is 11.7 Å². The average molecular weight is 428 g/mol. The molecule has 0 bridgehead atoms. The monoisotopic (exact) mass is 428 g/mol. The second-order valence-corrected chi connectivity index (χ2v) is 7.79. The summed E-state index contributed by atoms with van der Waals surface area (Å²) in [7, 11) is 0. The van der Waals surface area contributed by atoms with E-state index < -0.39 is 11.7 Å². The fourth-order valence-corrected chi connectivity index (χ4v) is 3.36. The van der Waals surface area contributed by atoms with Crippen molar-refractivity contribution in [3.63, 3.8) is 0 Å². The SMILES string of the molecule is O=C(Nc1ccc(C(F)(F)F)cc1)N(Cc1nccn1Cc1ccccc1)CC1CC1. The molecule has 162 valence electrons. The lowest BCUT2D eigenvalue weighted by molar-refractivity contribution is -0.137. The molecule has 31 heavy (non-hydrogen) atoms. The Morgan fingerprint density at radius 2 is 1.81 bits per heavy atom. The van der Waals surface area contributed by atoms with Gasteiger partial charge in [0, 0.05) is 31.2 Å². The van der Waals surface area contributed by atoms with Crippen LogP contribution in [0.5, 0.6) is 0 Å². The van der Waals surface area contributed by atoms with Crippen molar-refractivity contribution in [3.05, 3.63) is 83.9 Å². The van der Waals surface area contributed by atoms with E-state index in [1.807, 2.05) is 41.1 Å². The predicted octanol–water partition coefficient (Wildman–Crippen LogP) is 5.39. The first-order valence-electron chi connectivity index (χ1n) is 10.2. The minimum Gasteiger partial charge on any atom is -0.329 e. The molecule has 3 aromatic rings. The van der Waals surface area contributed by atoms with Crippen LogP contribution in [-0.2, 0) is 19.3 Å². The van der Waals surface area contributed by atoms with Gasteiger partial charge >= 0.3 is 12.2 Å². The van der Waals surface area contributed by atoms with Crippen molar-refractivity contribution in [2.45, 2.75) is 32.1 Å². The van der Waals surface area contributed by atoms with Crippen LogP contribution < -0.4 is 5.32 Å². The van der Waals surface area contributed by atoms with E-state index in [2.05, 4.69) is 10.3 Å². The first-order valence-corrected chi connectivity index (χ1v) is 10.2. The Labute approximate surface area is 178 Å². The lowest BCUT2D eigenvalue weighted by Crippen LogP contribution is -2.37. The highest BCUT2D eigenvalue weighted by Gasteiger charge is 2.30. The zero-order chi connectivity index (χ0) is 21.8. The summed E-state index contributed by atoms with van der Waals surface area (Å²) in [6, 6.07) is 14.1. The maximum atomic E-state index is 12.9. The molecule has 1 N–H and O–H groups in total. The van der Waals surface area contributed by atoms with Gasteiger partial charge in [-0.15, -0.1) is 0 Å². The molecule has 1 heterocycles. The number of rotatable bonds is 7. The number of aromatic nitrogens is 2. The number of halogens is 3. The Balaban J connectivity index is 1.45. The first kappa shape index (κ1) is 21.0. The molecule has 0 aliphatic heterocycles. The third kappa shape index (κ3) is 5.65. The topological polar surface area (TPSA) is 50.2 Å². The van der Waals surface area contributed by atoms with Crippen molar-refractivity contribution in [1.29, 1.82) is 0 Å². The molecule has 0 spiro atoms. The maximum Gasteiger partial charge on any atom is 0.416 e. The summed E-state index contributed by atoms with van der Waals surface area (Å²) in [5.74, 6) is 1.21. The van der Waals surface area contributed by atoms with Crippen molar-refractivity contribution in [2.24, 2.45) is 5.92 Å². The number of carbonyl (C=O) groups is 1. The molecule has 1 aliphatic rings. The molecule has 0 unspecified atom stereocenters. The number of urea groups is 1. The zero-order valence-electron chi connectivity index (χ0n) is 16.8. The average Bonchev–Trinajstić information content (AvgIpc) is 3.46. The second kappa shape index (κ2) is 8.83. The van der Waals surface area contributed by atoms with Crippen LogP contribution in [0.25, 0.3) is 0 Å².